The van der Waals surface area contributed by atoms with Gasteiger partial charge in [0, 0.05) is 0 Å². The van der Waals surface area contributed by atoms with Gasteiger partial charge in [-0.2, -0.15) is 0 Å². The summed E-state index contributed by atoms with van der Waals surface area (Å²) in [6, 6.07) is -1.28. The molecule has 0 aliphatic heterocycles. The van der Waals surface area contributed by atoms with Gasteiger partial charge in [-0.3, -0.25) is 4.79 Å². The largest absolute Gasteiger partial charge is 0.480 e. The monoisotopic (exact) mass is 190 g/mol. The van der Waals surface area contributed by atoms with Gasteiger partial charge >= 0.3 is 5.97 Å². The normalized spacial score (nSPS) is 14.7. The van der Waals surface area contributed by atoms with Gasteiger partial charge in [-0.05, 0) is 6.42 Å². The van der Waals surface area contributed by atoms with Crippen LogP contribution in [0.5, 0.6) is 0 Å². The fourth-order valence-electron chi connectivity index (χ4n) is 0.791. The number of hydrogen-bond acceptors (Lipinski definition) is 4. The van der Waals surface area contributed by atoms with Crippen molar-refractivity contribution in [3.8, 4) is 0 Å². The summed E-state index contributed by atoms with van der Waals surface area (Å²) in [5.41, 5.74) is 4.98. The minimum Gasteiger partial charge on any atom is -0.480 e. The molecule has 0 aromatic rings. The molecule has 0 aromatic carbocycles. The number of hydrogen-bond donors (Lipinski definition) is 4. The fourth-order valence-corrected chi connectivity index (χ4v) is 0.791. The van der Waals surface area contributed by atoms with Gasteiger partial charge in [0.1, 0.15) is 0 Å². The molecular formula is C7H14N2O4. The molecule has 0 rings (SSSR count). The molecule has 6 heteroatoms. The smallest absolute Gasteiger partial charge is 0.328 e. The molecule has 0 spiro atoms. The van der Waals surface area contributed by atoms with E-state index >= 15 is 0 Å². The summed E-state index contributed by atoms with van der Waals surface area (Å²) < 4.78 is 0. The van der Waals surface area contributed by atoms with Gasteiger partial charge in [0.2, 0.25) is 5.91 Å². The Balaban J connectivity index is 4.26. The van der Waals surface area contributed by atoms with Crippen LogP contribution in [0, 0.1) is 0 Å². The summed E-state index contributed by atoms with van der Waals surface area (Å²) in [7, 11) is 0. The highest BCUT2D eigenvalue weighted by molar-refractivity contribution is 5.84. The lowest BCUT2D eigenvalue weighted by Gasteiger charge is -2.18. The average molecular weight is 190 g/mol. The molecule has 5 N–H and O–H groups in total. The number of carboxylic acids is 1. The van der Waals surface area contributed by atoms with E-state index in [4.69, 9.17) is 10.8 Å². The molecule has 0 radical (unpaired) electrons. The molecule has 6 nitrogen and oxygen atoms in total. The molecule has 0 heterocycles. The van der Waals surface area contributed by atoms with Crippen molar-refractivity contribution in [2.24, 2.45) is 5.73 Å². The maximum absolute atomic E-state index is 10.7. The number of aliphatic hydroxyl groups excluding tert-OH is 1. The number of nitrogens with two attached hydrogens (primary N) is 1. The average Bonchev–Trinajstić information content (AvgIpc) is 2.11. The number of amides is 1. The van der Waals surface area contributed by atoms with Crippen LogP contribution >= 0.6 is 0 Å². The van der Waals surface area contributed by atoms with Crippen LogP contribution < -0.4 is 11.1 Å². The zero-order valence-electron chi connectivity index (χ0n) is 7.36. The predicted octanol–water partition coefficient (Wildman–Crippen LogP) is -1.71. The first-order chi connectivity index (χ1) is 6.02. The van der Waals surface area contributed by atoms with E-state index in [1.807, 2.05) is 0 Å². The third kappa shape index (κ3) is 3.86. The highest BCUT2D eigenvalue weighted by atomic mass is 16.4. The van der Waals surface area contributed by atoms with Gasteiger partial charge in [-0.1, -0.05) is 6.92 Å². The minimum atomic E-state index is -1.28. The molecule has 0 saturated heterocycles. The first-order valence-corrected chi connectivity index (χ1v) is 3.93. The van der Waals surface area contributed by atoms with Crippen LogP contribution in [0.4, 0.5) is 0 Å². The van der Waals surface area contributed by atoms with Crippen molar-refractivity contribution >= 4 is 11.9 Å². The third-order valence-corrected chi connectivity index (χ3v) is 1.57. The lowest BCUT2D eigenvalue weighted by Crippen LogP contribution is -2.50. The van der Waals surface area contributed by atoms with Gasteiger partial charge in [0.25, 0.3) is 0 Å². The van der Waals surface area contributed by atoms with E-state index in [2.05, 4.69) is 5.32 Å². The SMILES string of the molecule is CCC(O)C(NC(=O)CN)C(=O)O. The van der Waals surface area contributed by atoms with Crippen LogP contribution in [0.3, 0.4) is 0 Å². The Hall–Kier alpha value is -1.14. The number of carboxylic acid groups (broad SMARTS) is 1. The highest BCUT2D eigenvalue weighted by Gasteiger charge is 2.26. The van der Waals surface area contributed by atoms with E-state index in [0.29, 0.717) is 0 Å². The maximum atomic E-state index is 10.7. The second-order valence-electron chi connectivity index (χ2n) is 2.56. The second kappa shape index (κ2) is 5.50. The Bertz CT molecular complexity index is 195. The summed E-state index contributed by atoms with van der Waals surface area (Å²) >= 11 is 0. The molecule has 2 unspecified atom stereocenters. The molecule has 13 heavy (non-hydrogen) atoms. The van der Waals surface area contributed by atoms with Gasteiger partial charge in [0.15, 0.2) is 6.04 Å². The molecule has 0 fully saturated rings. The van der Waals surface area contributed by atoms with Gasteiger partial charge in [0.05, 0.1) is 12.6 Å². The van der Waals surface area contributed by atoms with Crippen molar-refractivity contribution in [1.82, 2.24) is 5.32 Å². The summed E-state index contributed by atoms with van der Waals surface area (Å²) in [6.07, 6.45) is -0.838. The molecule has 0 bridgehead atoms. The molecule has 0 saturated carbocycles. The van der Waals surface area contributed by atoms with Crippen LogP contribution in [0.2, 0.25) is 0 Å². The number of aliphatic carboxylic acids is 1. The van der Waals surface area contributed by atoms with Gasteiger partial charge in [-0.15, -0.1) is 0 Å². The van der Waals surface area contributed by atoms with Crippen molar-refractivity contribution in [3.63, 3.8) is 0 Å². The lowest BCUT2D eigenvalue weighted by atomic mass is 10.1. The number of nitrogens with one attached hydrogen (secondary N) is 1. The van der Waals surface area contributed by atoms with E-state index in [-0.39, 0.29) is 13.0 Å². The highest BCUT2D eigenvalue weighted by Crippen LogP contribution is 1.98. The van der Waals surface area contributed by atoms with Crippen LogP contribution in [-0.4, -0.2) is 40.8 Å². The zero-order valence-corrected chi connectivity index (χ0v) is 7.36. The first kappa shape index (κ1) is 11.9. The fraction of sp³-hybridized carbons (Fsp3) is 0.714. The van der Waals surface area contributed by atoms with Crippen molar-refractivity contribution in [2.45, 2.75) is 25.5 Å². The molecule has 1 amide bonds. The first-order valence-electron chi connectivity index (χ1n) is 3.93. The number of rotatable bonds is 5. The van der Waals surface area contributed by atoms with Crippen molar-refractivity contribution in [2.75, 3.05) is 6.54 Å². The van der Waals surface area contributed by atoms with Crippen LogP contribution in [0.15, 0.2) is 0 Å². The summed E-state index contributed by atoms with van der Waals surface area (Å²) in [6.45, 7) is 1.33. The summed E-state index contributed by atoms with van der Waals surface area (Å²) in [5.74, 6) is -1.86. The topological polar surface area (TPSA) is 113 Å². The second-order valence-corrected chi connectivity index (χ2v) is 2.56. The van der Waals surface area contributed by atoms with E-state index in [1.165, 1.54) is 0 Å². The van der Waals surface area contributed by atoms with Crippen molar-refractivity contribution in [3.05, 3.63) is 0 Å². The van der Waals surface area contributed by atoms with E-state index in [9.17, 15) is 14.7 Å². The molecule has 0 aliphatic carbocycles. The standard InChI is InChI=1S/C7H14N2O4/c1-2-4(10)6(7(12)13)9-5(11)3-8/h4,6,10H,2-3,8H2,1H3,(H,9,11)(H,12,13). The predicted molar refractivity (Wildman–Crippen MR) is 44.9 cm³/mol. The van der Waals surface area contributed by atoms with Crippen molar-refractivity contribution in [1.29, 1.82) is 0 Å². The number of carbonyl (C=O) groups is 2. The van der Waals surface area contributed by atoms with E-state index in [1.54, 1.807) is 6.92 Å². The van der Waals surface area contributed by atoms with Crippen LogP contribution in [0.25, 0.3) is 0 Å². The Morgan fingerprint density at radius 1 is 1.54 bits per heavy atom. The van der Waals surface area contributed by atoms with Crippen LogP contribution in [-0.2, 0) is 9.59 Å². The molecule has 76 valence electrons. The number of aliphatic hydroxyl groups is 1. The summed E-state index contributed by atoms with van der Waals surface area (Å²) in [4.78, 5) is 21.3. The Kier molecular flexibility index (Phi) is 5.01. The van der Waals surface area contributed by atoms with E-state index in [0.717, 1.165) is 0 Å². The third-order valence-electron chi connectivity index (χ3n) is 1.57. The molecule has 2 atom stereocenters. The number of carbonyl (C=O) groups excluding carboxylic acids is 1. The van der Waals surface area contributed by atoms with E-state index < -0.39 is 24.0 Å². The zero-order chi connectivity index (χ0) is 10.4. The Morgan fingerprint density at radius 3 is 2.38 bits per heavy atom. The Morgan fingerprint density at radius 2 is 2.08 bits per heavy atom. The molecular weight excluding hydrogens is 176 g/mol. The van der Waals surface area contributed by atoms with Crippen molar-refractivity contribution < 1.29 is 19.8 Å². The van der Waals surface area contributed by atoms with Gasteiger partial charge < -0.3 is 21.3 Å². The maximum Gasteiger partial charge on any atom is 0.328 e. The van der Waals surface area contributed by atoms with Crippen LogP contribution in [0.1, 0.15) is 13.3 Å². The quantitative estimate of drug-likeness (QED) is 0.412. The molecule has 0 aliphatic rings. The molecule has 0 aromatic heterocycles. The lowest BCUT2D eigenvalue weighted by molar-refractivity contribution is -0.145. The van der Waals surface area contributed by atoms with Gasteiger partial charge in [-0.25, -0.2) is 4.79 Å². The minimum absolute atomic E-state index is 0.252. The Labute approximate surface area is 75.7 Å². The summed E-state index contributed by atoms with van der Waals surface area (Å²) in [5, 5.41) is 19.9.